The van der Waals surface area contributed by atoms with Crippen LogP contribution in [0.25, 0.3) is 0 Å². The summed E-state index contributed by atoms with van der Waals surface area (Å²) >= 11 is 0. The van der Waals surface area contributed by atoms with Crippen LogP contribution in [0.1, 0.15) is 309 Å². The van der Waals surface area contributed by atoms with Gasteiger partial charge in [0.1, 0.15) is 12.2 Å². The van der Waals surface area contributed by atoms with Gasteiger partial charge in [0.25, 0.3) is 0 Å². The van der Waals surface area contributed by atoms with E-state index < -0.39 is 36.9 Å². The largest absolute Gasteiger partial charge is 0.394 e. The van der Waals surface area contributed by atoms with Crippen molar-refractivity contribution in [1.29, 1.82) is 0 Å². The molecule has 0 aromatic rings. The van der Waals surface area contributed by atoms with Crippen LogP contribution >= 0.6 is 0 Å². The highest BCUT2D eigenvalue weighted by molar-refractivity contribution is 5.80. The first-order valence-electron chi connectivity index (χ1n) is 29.4. The van der Waals surface area contributed by atoms with Crippen molar-refractivity contribution >= 4 is 5.91 Å². The van der Waals surface area contributed by atoms with E-state index in [4.69, 9.17) is 0 Å². The van der Waals surface area contributed by atoms with E-state index in [2.05, 4.69) is 55.6 Å². The van der Waals surface area contributed by atoms with E-state index in [1.807, 2.05) is 0 Å². The van der Waals surface area contributed by atoms with Crippen LogP contribution in [0.3, 0.4) is 0 Å². The second-order valence-corrected chi connectivity index (χ2v) is 20.3. The molecule has 0 spiro atoms. The van der Waals surface area contributed by atoms with Crippen LogP contribution in [0.2, 0.25) is 0 Å². The Morgan fingerprint density at radius 1 is 0.364 bits per heavy atom. The molecule has 0 aromatic carbocycles. The molecule has 0 aliphatic carbocycles. The van der Waals surface area contributed by atoms with Gasteiger partial charge in [0.05, 0.1) is 18.8 Å². The fourth-order valence-electron chi connectivity index (χ4n) is 9.18. The van der Waals surface area contributed by atoms with Crippen molar-refractivity contribution in [3.05, 3.63) is 36.5 Å². The number of hydrogen-bond donors (Lipinski definition) is 5. The Morgan fingerprint density at radius 2 is 0.636 bits per heavy atom. The van der Waals surface area contributed by atoms with Crippen LogP contribution in [0.4, 0.5) is 0 Å². The number of rotatable bonds is 54. The molecule has 0 saturated heterocycles. The predicted molar refractivity (Wildman–Crippen MR) is 288 cm³/mol. The Kier molecular flexibility index (Phi) is 53.3. The molecule has 5 N–H and O–H groups in total. The maximum absolute atomic E-state index is 12.6. The lowest BCUT2D eigenvalue weighted by atomic mass is 10.00. The van der Waals surface area contributed by atoms with E-state index in [1.165, 1.54) is 238 Å². The minimum Gasteiger partial charge on any atom is -0.394 e. The molecule has 0 radical (unpaired) electrons. The smallest absolute Gasteiger partial charge is 0.249 e. The monoisotopic (exact) mass is 930 g/mol. The lowest BCUT2D eigenvalue weighted by molar-refractivity contribution is -0.132. The zero-order valence-electron chi connectivity index (χ0n) is 44.2. The molecule has 390 valence electrons. The summed E-state index contributed by atoms with van der Waals surface area (Å²) in [5, 5.41) is 44.0. The zero-order chi connectivity index (χ0) is 48.1. The molecule has 6 nitrogen and oxygen atoms in total. The molecular weight excluding hydrogens is 815 g/mol. The number of hydrogen-bond acceptors (Lipinski definition) is 5. The fraction of sp³-hybridized carbons (Fsp3) is 0.883. The highest BCUT2D eigenvalue weighted by Gasteiger charge is 2.28. The summed E-state index contributed by atoms with van der Waals surface area (Å²) in [4.78, 5) is 12.6. The Balaban J connectivity index is 3.66. The third kappa shape index (κ3) is 47.6. The standard InChI is InChI=1S/C60H115NO5/c1-3-5-7-9-11-13-15-17-19-21-23-25-27-28-29-30-32-34-36-38-40-42-44-46-48-50-52-54-58(64)60(66)61-56(55-62)59(65)57(63)53-51-49-47-45-43-41-39-37-35-33-31-26-24-22-20-18-16-14-12-10-8-6-4-2/h28-29,37,39,45,47,56-59,62-65H,3-27,30-36,38,40-44,46,48-55H2,1-2H3,(H,61,66)/b29-28-,39-37+,47-45+. The Bertz CT molecular complexity index is 1040. The van der Waals surface area contributed by atoms with Gasteiger partial charge >= 0.3 is 0 Å². The first-order chi connectivity index (χ1) is 32.5. The van der Waals surface area contributed by atoms with Gasteiger partial charge < -0.3 is 25.7 Å². The molecule has 4 atom stereocenters. The predicted octanol–water partition coefficient (Wildman–Crippen LogP) is 17.2. The van der Waals surface area contributed by atoms with Gasteiger partial charge in [-0.2, -0.15) is 0 Å². The van der Waals surface area contributed by atoms with Crippen LogP contribution in [0.5, 0.6) is 0 Å². The number of aliphatic hydroxyl groups excluding tert-OH is 4. The summed E-state index contributed by atoms with van der Waals surface area (Å²) < 4.78 is 0. The molecule has 0 bridgehead atoms. The van der Waals surface area contributed by atoms with E-state index in [0.29, 0.717) is 19.3 Å². The van der Waals surface area contributed by atoms with Crippen molar-refractivity contribution in [1.82, 2.24) is 5.32 Å². The maximum Gasteiger partial charge on any atom is 0.249 e. The summed E-state index contributed by atoms with van der Waals surface area (Å²) in [5.74, 6) is -0.595. The number of carbonyl (C=O) groups is 1. The molecule has 0 fully saturated rings. The minimum atomic E-state index is -1.29. The second-order valence-electron chi connectivity index (χ2n) is 20.3. The molecule has 4 unspecified atom stereocenters. The van der Waals surface area contributed by atoms with Crippen LogP contribution in [0.15, 0.2) is 36.5 Å². The summed E-state index contributed by atoms with van der Waals surface area (Å²) in [6, 6.07) is -1.01. The van der Waals surface area contributed by atoms with Gasteiger partial charge in [-0.1, -0.05) is 269 Å². The van der Waals surface area contributed by atoms with Crippen molar-refractivity contribution in [2.45, 2.75) is 334 Å². The van der Waals surface area contributed by atoms with Gasteiger partial charge in [-0.15, -0.1) is 0 Å². The van der Waals surface area contributed by atoms with Gasteiger partial charge in [0.2, 0.25) is 5.91 Å². The van der Waals surface area contributed by atoms with E-state index >= 15 is 0 Å². The van der Waals surface area contributed by atoms with E-state index in [-0.39, 0.29) is 0 Å². The molecule has 0 heterocycles. The molecule has 0 aliphatic heterocycles. The number of amides is 1. The van der Waals surface area contributed by atoms with Crippen LogP contribution in [-0.4, -0.2) is 57.3 Å². The third-order valence-corrected chi connectivity index (χ3v) is 13.8. The lowest BCUT2D eigenvalue weighted by Crippen LogP contribution is -2.53. The van der Waals surface area contributed by atoms with Crippen LogP contribution in [-0.2, 0) is 4.79 Å². The zero-order valence-corrected chi connectivity index (χ0v) is 44.2. The fourth-order valence-corrected chi connectivity index (χ4v) is 9.18. The number of carbonyl (C=O) groups excluding carboxylic acids is 1. The van der Waals surface area contributed by atoms with Crippen LogP contribution < -0.4 is 5.32 Å². The number of unbranched alkanes of at least 4 members (excludes halogenated alkanes) is 39. The average molecular weight is 931 g/mol. The highest BCUT2D eigenvalue weighted by atomic mass is 16.3. The second kappa shape index (κ2) is 54.5. The molecule has 1 amide bonds. The van der Waals surface area contributed by atoms with Crippen molar-refractivity contribution < 1.29 is 25.2 Å². The van der Waals surface area contributed by atoms with Crippen molar-refractivity contribution in [2.24, 2.45) is 0 Å². The van der Waals surface area contributed by atoms with Gasteiger partial charge in [-0.25, -0.2) is 0 Å². The maximum atomic E-state index is 12.6. The minimum absolute atomic E-state index is 0.360. The van der Waals surface area contributed by atoms with Crippen molar-refractivity contribution in [3.8, 4) is 0 Å². The summed E-state index contributed by atoms with van der Waals surface area (Å²) in [6.45, 7) is 4.07. The first kappa shape index (κ1) is 64.5. The summed E-state index contributed by atoms with van der Waals surface area (Å²) in [5.41, 5.74) is 0. The first-order valence-corrected chi connectivity index (χ1v) is 29.4. The van der Waals surface area contributed by atoms with Gasteiger partial charge in [-0.3, -0.25) is 4.79 Å². The molecule has 66 heavy (non-hydrogen) atoms. The molecule has 0 aliphatic rings. The van der Waals surface area contributed by atoms with Crippen molar-refractivity contribution in [3.63, 3.8) is 0 Å². The molecule has 0 aromatic heterocycles. The number of aliphatic hydroxyl groups is 4. The summed E-state index contributed by atoms with van der Waals surface area (Å²) in [7, 11) is 0. The molecule has 0 saturated carbocycles. The highest BCUT2D eigenvalue weighted by Crippen LogP contribution is 2.17. The van der Waals surface area contributed by atoms with Gasteiger partial charge in [-0.05, 0) is 77.0 Å². The quantitative estimate of drug-likeness (QED) is 0.0308. The Morgan fingerprint density at radius 3 is 0.955 bits per heavy atom. The van der Waals surface area contributed by atoms with Crippen molar-refractivity contribution in [2.75, 3.05) is 6.61 Å². The van der Waals surface area contributed by atoms with Gasteiger partial charge in [0, 0.05) is 0 Å². The molecule has 6 heteroatoms. The lowest BCUT2D eigenvalue weighted by Gasteiger charge is -2.27. The Hall–Kier alpha value is -1.47. The van der Waals surface area contributed by atoms with E-state index in [0.717, 1.165) is 38.5 Å². The average Bonchev–Trinajstić information content (AvgIpc) is 3.32. The Labute approximate surface area is 411 Å². The number of allylic oxidation sites excluding steroid dienone is 6. The van der Waals surface area contributed by atoms with E-state index in [9.17, 15) is 25.2 Å². The molecule has 0 rings (SSSR count). The van der Waals surface area contributed by atoms with E-state index in [1.54, 1.807) is 0 Å². The number of nitrogens with one attached hydrogen (secondary N) is 1. The SMILES string of the molecule is CCCCCCCCCCCCCC/C=C\CCCCCCCCCCCCCC(O)C(=O)NC(CO)C(O)C(O)CCC/C=C/CC/C=C/CCCCCCCCCCCCCCCC. The molecular formula is C60H115NO5. The van der Waals surface area contributed by atoms with Gasteiger partial charge in [0.15, 0.2) is 0 Å². The third-order valence-electron chi connectivity index (χ3n) is 13.8. The topological polar surface area (TPSA) is 110 Å². The van der Waals surface area contributed by atoms with Crippen LogP contribution in [0, 0.1) is 0 Å². The normalized spacial score (nSPS) is 14.0. The summed E-state index contributed by atoms with van der Waals surface area (Å²) in [6.07, 6.45) is 67.9.